The van der Waals surface area contributed by atoms with Gasteiger partial charge in [-0.1, -0.05) is 13.0 Å². The molecule has 1 heterocycles. The van der Waals surface area contributed by atoms with Crippen LogP contribution in [-0.2, 0) is 24.2 Å². The highest BCUT2D eigenvalue weighted by atomic mass is 32.2. The van der Waals surface area contributed by atoms with Gasteiger partial charge in [0.25, 0.3) is 5.91 Å². The van der Waals surface area contributed by atoms with Crippen molar-refractivity contribution in [2.24, 2.45) is 0 Å². The van der Waals surface area contributed by atoms with E-state index < -0.39 is 28.3 Å². The van der Waals surface area contributed by atoms with Crippen LogP contribution >= 0.6 is 0 Å². The molecular formula is C21H29NO7S. The lowest BCUT2D eigenvalue weighted by molar-refractivity contribution is -0.148. The van der Waals surface area contributed by atoms with Crippen LogP contribution in [-0.4, -0.2) is 69.6 Å². The van der Waals surface area contributed by atoms with Gasteiger partial charge in [-0.15, -0.1) is 0 Å². The number of carbonyl (C=O) groups is 2. The summed E-state index contributed by atoms with van der Waals surface area (Å²) < 4.78 is 39.3. The monoisotopic (exact) mass is 439 g/mol. The summed E-state index contributed by atoms with van der Waals surface area (Å²) in [6, 6.07) is 4.95. The summed E-state index contributed by atoms with van der Waals surface area (Å²) in [5.74, 6) is 0.147. The van der Waals surface area contributed by atoms with Crippen molar-refractivity contribution >= 4 is 27.8 Å². The third-order valence-corrected chi connectivity index (χ3v) is 6.38. The van der Waals surface area contributed by atoms with Gasteiger partial charge in [0.2, 0.25) is 0 Å². The first-order valence-electron chi connectivity index (χ1n) is 9.96. The topological polar surface area (TPSA) is 99.2 Å². The summed E-state index contributed by atoms with van der Waals surface area (Å²) >= 11 is 0. The van der Waals surface area contributed by atoms with E-state index in [0.29, 0.717) is 31.1 Å². The highest BCUT2D eigenvalue weighted by Crippen LogP contribution is 2.29. The van der Waals surface area contributed by atoms with Crippen LogP contribution in [0.3, 0.4) is 0 Å². The van der Waals surface area contributed by atoms with Gasteiger partial charge in [-0.25, -0.2) is 13.2 Å². The normalized spacial score (nSPS) is 17.6. The average Bonchev–Trinajstić information content (AvgIpc) is 3.09. The molecular weight excluding hydrogens is 410 g/mol. The molecule has 0 radical (unpaired) electrons. The van der Waals surface area contributed by atoms with E-state index >= 15 is 0 Å². The number of benzene rings is 1. The summed E-state index contributed by atoms with van der Waals surface area (Å²) in [5.41, 5.74) is 0.721. The SMILES string of the molecule is CCCOc1ccc(/C=C/C(=O)OCC(=O)N(C)C2CCS(=O)(=O)C2)cc1OCC. The van der Waals surface area contributed by atoms with Gasteiger partial charge in [0.05, 0.1) is 24.7 Å². The summed E-state index contributed by atoms with van der Waals surface area (Å²) in [6.07, 6.45) is 4.07. The van der Waals surface area contributed by atoms with Crippen molar-refractivity contribution in [1.82, 2.24) is 4.90 Å². The van der Waals surface area contributed by atoms with E-state index in [1.54, 1.807) is 24.3 Å². The van der Waals surface area contributed by atoms with E-state index in [0.717, 1.165) is 12.0 Å². The van der Waals surface area contributed by atoms with Crippen LogP contribution in [0.1, 0.15) is 32.3 Å². The van der Waals surface area contributed by atoms with Crippen LogP contribution < -0.4 is 9.47 Å². The Kier molecular flexibility index (Phi) is 8.71. The van der Waals surface area contributed by atoms with Crippen LogP contribution in [0.5, 0.6) is 11.5 Å². The second kappa shape index (κ2) is 11.0. The van der Waals surface area contributed by atoms with Crippen LogP contribution in [0.15, 0.2) is 24.3 Å². The molecule has 1 aromatic rings. The first-order chi connectivity index (χ1) is 14.3. The fourth-order valence-electron chi connectivity index (χ4n) is 2.96. The lowest BCUT2D eigenvalue weighted by Crippen LogP contribution is -2.40. The molecule has 1 aliphatic heterocycles. The van der Waals surface area contributed by atoms with E-state index in [4.69, 9.17) is 14.2 Å². The minimum absolute atomic E-state index is 0.0524. The van der Waals surface area contributed by atoms with Crippen molar-refractivity contribution in [1.29, 1.82) is 0 Å². The van der Waals surface area contributed by atoms with Crippen LogP contribution in [0.4, 0.5) is 0 Å². The fourth-order valence-corrected chi connectivity index (χ4v) is 4.73. The first kappa shape index (κ1) is 23.7. The number of likely N-dealkylation sites (N-methyl/N-ethyl adjacent to an activating group) is 1. The number of esters is 1. The van der Waals surface area contributed by atoms with Crippen molar-refractivity contribution in [3.8, 4) is 11.5 Å². The van der Waals surface area contributed by atoms with Crippen molar-refractivity contribution < 1.29 is 32.2 Å². The molecule has 1 unspecified atom stereocenters. The molecule has 8 nitrogen and oxygen atoms in total. The summed E-state index contributed by atoms with van der Waals surface area (Å²) in [5, 5.41) is 0. The van der Waals surface area contributed by atoms with Crippen molar-refractivity contribution in [2.45, 2.75) is 32.7 Å². The summed E-state index contributed by atoms with van der Waals surface area (Å²) in [7, 11) is -1.57. The standard InChI is InChI=1S/C21H29NO7S/c1-4-11-28-18-8-6-16(13-19(18)27-5-2)7-9-21(24)29-14-20(23)22(3)17-10-12-30(25,26)15-17/h6-9,13,17H,4-5,10-12,14-15H2,1-3H3/b9-7+. The molecule has 9 heteroatoms. The Morgan fingerprint density at radius 1 is 1.20 bits per heavy atom. The zero-order chi connectivity index (χ0) is 22.1. The maximum Gasteiger partial charge on any atom is 0.331 e. The summed E-state index contributed by atoms with van der Waals surface area (Å²) in [4.78, 5) is 25.5. The Labute approximate surface area is 177 Å². The number of carbonyl (C=O) groups excluding carboxylic acids is 2. The van der Waals surface area contributed by atoms with Gasteiger partial charge < -0.3 is 19.1 Å². The Morgan fingerprint density at radius 3 is 2.60 bits per heavy atom. The molecule has 1 saturated heterocycles. The zero-order valence-corrected chi connectivity index (χ0v) is 18.4. The maximum absolute atomic E-state index is 12.2. The Bertz CT molecular complexity index is 879. The maximum atomic E-state index is 12.2. The molecule has 0 bridgehead atoms. The van der Waals surface area contributed by atoms with Gasteiger partial charge in [-0.2, -0.15) is 0 Å². The van der Waals surface area contributed by atoms with Gasteiger partial charge in [-0.05, 0) is 43.5 Å². The van der Waals surface area contributed by atoms with Crippen molar-refractivity contribution in [3.05, 3.63) is 29.8 Å². The minimum Gasteiger partial charge on any atom is -0.490 e. The minimum atomic E-state index is -3.09. The van der Waals surface area contributed by atoms with E-state index in [1.165, 1.54) is 18.0 Å². The third-order valence-electron chi connectivity index (χ3n) is 4.63. The molecule has 1 fully saturated rings. The lowest BCUT2D eigenvalue weighted by atomic mass is 10.2. The number of ether oxygens (including phenoxy) is 3. The molecule has 1 amide bonds. The van der Waals surface area contributed by atoms with E-state index in [2.05, 4.69) is 0 Å². The zero-order valence-electron chi connectivity index (χ0n) is 17.6. The predicted octanol–water partition coefficient (Wildman–Crippen LogP) is 2.08. The largest absolute Gasteiger partial charge is 0.490 e. The number of hydrogen-bond acceptors (Lipinski definition) is 7. The molecule has 0 N–H and O–H groups in total. The average molecular weight is 440 g/mol. The Hall–Kier alpha value is -2.55. The van der Waals surface area contributed by atoms with Gasteiger partial charge in [0, 0.05) is 19.2 Å². The number of nitrogens with zero attached hydrogens (tertiary/aromatic N) is 1. The molecule has 166 valence electrons. The van der Waals surface area contributed by atoms with Crippen LogP contribution in [0, 0.1) is 0 Å². The Balaban J connectivity index is 1.89. The lowest BCUT2D eigenvalue weighted by Gasteiger charge is -2.22. The number of rotatable bonds is 10. The molecule has 0 spiro atoms. The summed E-state index contributed by atoms with van der Waals surface area (Å²) in [6.45, 7) is 4.51. The smallest absolute Gasteiger partial charge is 0.331 e. The number of amides is 1. The predicted molar refractivity (Wildman–Crippen MR) is 113 cm³/mol. The molecule has 0 saturated carbocycles. The van der Waals surface area contributed by atoms with Gasteiger partial charge in [-0.3, -0.25) is 4.79 Å². The van der Waals surface area contributed by atoms with E-state index in [1.807, 2.05) is 13.8 Å². The molecule has 0 aromatic heterocycles. The van der Waals surface area contributed by atoms with E-state index in [9.17, 15) is 18.0 Å². The number of hydrogen-bond donors (Lipinski definition) is 0. The highest BCUT2D eigenvalue weighted by Gasteiger charge is 2.32. The van der Waals surface area contributed by atoms with Crippen LogP contribution in [0.2, 0.25) is 0 Å². The second-order valence-electron chi connectivity index (χ2n) is 6.99. The Morgan fingerprint density at radius 2 is 1.97 bits per heavy atom. The molecule has 0 aliphatic carbocycles. The van der Waals surface area contributed by atoms with Gasteiger partial charge in [0.1, 0.15) is 0 Å². The molecule has 1 atom stereocenters. The molecule has 30 heavy (non-hydrogen) atoms. The van der Waals surface area contributed by atoms with Gasteiger partial charge >= 0.3 is 5.97 Å². The quantitative estimate of drug-likeness (QED) is 0.406. The van der Waals surface area contributed by atoms with Crippen LogP contribution in [0.25, 0.3) is 6.08 Å². The van der Waals surface area contributed by atoms with Crippen molar-refractivity contribution in [2.75, 3.05) is 38.4 Å². The fraction of sp³-hybridized carbons (Fsp3) is 0.524. The van der Waals surface area contributed by atoms with Gasteiger partial charge in [0.15, 0.2) is 27.9 Å². The highest BCUT2D eigenvalue weighted by molar-refractivity contribution is 7.91. The molecule has 1 aromatic carbocycles. The first-order valence-corrected chi connectivity index (χ1v) is 11.8. The van der Waals surface area contributed by atoms with Crippen molar-refractivity contribution in [3.63, 3.8) is 0 Å². The molecule has 2 rings (SSSR count). The second-order valence-corrected chi connectivity index (χ2v) is 9.22. The number of sulfone groups is 1. The molecule has 1 aliphatic rings. The third kappa shape index (κ3) is 7.05. The van der Waals surface area contributed by atoms with E-state index in [-0.39, 0.29) is 17.5 Å².